The zero-order chi connectivity index (χ0) is 27.2. The van der Waals surface area contributed by atoms with Gasteiger partial charge in [-0.3, -0.25) is 9.36 Å². The maximum absolute atomic E-state index is 13.7. The van der Waals surface area contributed by atoms with E-state index in [2.05, 4.69) is 35.6 Å². The number of fused-ring (bicyclic) bond motifs is 2. The zero-order valence-corrected chi connectivity index (χ0v) is 25.5. The first kappa shape index (κ1) is 27.3. The summed E-state index contributed by atoms with van der Waals surface area (Å²) < 4.78 is 16.1. The van der Waals surface area contributed by atoms with Gasteiger partial charge in [0.05, 0.1) is 10.7 Å². The van der Waals surface area contributed by atoms with Crippen LogP contribution in [0.2, 0.25) is 30.7 Å². The molecule has 38 heavy (non-hydrogen) atoms. The van der Waals surface area contributed by atoms with E-state index in [1.54, 1.807) is 6.07 Å². The van der Waals surface area contributed by atoms with Crippen molar-refractivity contribution in [3.63, 3.8) is 0 Å². The summed E-state index contributed by atoms with van der Waals surface area (Å²) in [6.45, 7) is 10.2. The van der Waals surface area contributed by atoms with E-state index in [-0.39, 0.29) is 24.2 Å². The summed E-state index contributed by atoms with van der Waals surface area (Å²) >= 11 is 10.2. The van der Waals surface area contributed by atoms with Crippen molar-refractivity contribution >= 4 is 63.2 Å². The minimum atomic E-state index is -1.27. The van der Waals surface area contributed by atoms with E-state index < -0.39 is 8.07 Å². The monoisotopic (exact) mass is 617 g/mol. The van der Waals surface area contributed by atoms with Crippen LogP contribution in [0.3, 0.4) is 0 Å². The predicted molar refractivity (Wildman–Crippen MR) is 160 cm³/mol. The van der Waals surface area contributed by atoms with Gasteiger partial charge in [0.1, 0.15) is 29.8 Å². The van der Waals surface area contributed by atoms with Gasteiger partial charge in [0, 0.05) is 48.3 Å². The lowest BCUT2D eigenvalue weighted by Gasteiger charge is -2.22. The van der Waals surface area contributed by atoms with E-state index in [1.807, 2.05) is 29.9 Å². The molecular formula is C27H33BrClN5O3Si. The summed E-state index contributed by atoms with van der Waals surface area (Å²) in [7, 11) is -1.27. The van der Waals surface area contributed by atoms with Crippen molar-refractivity contribution in [1.29, 1.82) is 0 Å². The highest BCUT2D eigenvalue weighted by atomic mass is 79.9. The summed E-state index contributed by atoms with van der Waals surface area (Å²) in [6.07, 6.45) is 4.81. The number of rotatable bonds is 7. The van der Waals surface area contributed by atoms with Crippen LogP contribution in [0.5, 0.6) is 0 Å². The van der Waals surface area contributed by atoms with Crippen LogP contribution in [0.1, 0.15) is 31.2 Å². The molecule has 1 atom stereocenters. The van der Waals surface area contributed by atoms with Gasteiger partial charge in [-0.15, -0.1) is 0 Å². The molecule has 202 valence electrons. The van der Waals surface area contributed by atoms with Gasteiger partial charge in [0.25, 0.3) is 5.56 Å². The average molecular weight is 619 g/mol. The van der Waals surface area contributed by atoms with Gasteiger partial charge in [0.2, 0.25) is 0 Å². The number of aromatic nitrogens is 4. The fraction of sp³-hybridized carbons (Fsp3) is 0.444. The molecule has 0 aliphatic carbocycles. The fourth-order valence-electron chi connectivity index (χ4n) is 4.78. The number of hydrogen-bond acceptors (Lipinski definition) is 6. The predicted octanol–water partition coefficient (Wildman–Crippen LogP) is 6.73. The molecule has 2 N–H and O–H groups in total. The molecule has 1 aromatic carbocycles. The highest BCUT2D eigenvalue weighted by molar-refractivity contribution is 9.10. The summed E-state index contributed by atoms with van der Waals surface area (Å²) in [5.74, 6) is 0. The van der Waals surface area contributed by atoms with Crippen LogP contribution in [-0.2, 0) is 16.2 Å². The molecule has 1 aliphatic heterocycles. The van der Waals surface area contributed by atoms with Crippen LogP contribution in [0.25, 0.3) is 33.1 Å². The van der Waals surface area contributed by atoms with E-state index in [0.29, 0.717) is 35.0 Å². The zero-order valence-electron chi connectivity index (χ0n) is 22.2. The molecule has 0 bridgehead atoms. The lowest BCUT2D eigenvalue weighted by Crippen LogP contribution is -2.27. The molecule has 8 nitrogen and oxygen atoms in total. The first-order valence-electron chi connectivity index (χ1n) is 12.9. The Morgan fingerprint density at radius 1 is 1.26 bits per heavy atom. The summed E-state index contributed by atoms with van der Waals surface area (Å²) in [5.41, 5.74) is 9.74. The number of nitrogens with zero attached hydrogens (tertiary/aromatic N) is 4. The maximum Gasteiger partial charge on any atom is 0.277 e. The van der Waals surface area contributed by atoms with Crippen LogP contribution >= 0.6 is 27.5 Å². The molecule has 3 aromatic heterocycles. The molecule has 0 spiro atoms. The number of benzene rings is 1. The number of hydrogen-bond donors (Lipinski definition) is 1. The first-order chi connectivity index (χ1) is 18.0. The SMILES string of the molecule is Cc1nc2c(cc1Br)c(-c1ccc(Cl)c3nn(C4CCCCO4)cc13)c(N)c(=O)n2COCC[Si](C)(C)C. The topological polar surface area (TPSA) is 97.2 Å². The van der Waals surface area contributed by atoms with Gasteiger partial charge in [-0.25, -0.2) is 9.67 Å². The largest absolute Gasteiger partial charge is 0.394 e. The number of ether oxygens (including phenoxy) is 2. The third-order valence-corrected chi connectivity index (χ3v) is 9.79. The van der Waals surface area contributed by atoms with Crippen molar-refractivity contribution < 1.29 is 9.47 Å². The lowest BCUT2D eigenvalue weighted by atomic mass is 9.97. The molecule has 1 fully saturated rings. The number of nitrogen functional groups attached to an aromatic ring is 1. The molecule has 1 aliphatic rings. The molecule has 11 heteroatoms. The molecule has 1 unspecified atom stereocenters. The molecule has 0 saturated carbocycles. The van der Waals surface area contributed by atoms with Crippen molar-refractivity contribution in [2.24, 2.45) is 0 Å². The summed E-state index contributed by atoms with van der Waals surface area (Å²) in [6, 6.07) is 6.66. The second-order valence-electron chi connectivity index (χ2n) is 11.1. The van der Waals surface area contributed by atoms with Crippen molar-refractivity contribution in [2.75, 3.05) is 18.9 Å². The Kier molecular flexibility index (Phi) is 7.72. The van der Waals surface area contributed by atoms with Gasteiger partial charge in [-0.2, -0.15) is 5.10 Å². The molecule has 5 rings (SSSR count). The molecule has 0 radical (unpaired) electrons. The molecular weight excluding hydrogens is 586 g/mol. The number of halogens is 2. The minimum Gasteiger partial charge on any atom is -0.394 e. The smallest absolute Gasteiger partial charge is 0.277 e. The van der Waals surface area contributed by atoms with E-state index in [4.69, 9.17) is 36.9 Å². The number of pyridine rings is 2. The Morgan fingerprint density at radius 3 is 2.76 bits per heavy atom. The third-order valence-electron chi connectivity index (χ3n) is 6.98. The second-order valence-corrected chi connectivity index (χ2v) is 18.0. The minimum absolute atomic E-state index is 0.0886. The van der Waals surface area contributed by atoms with E-state index in [0.717, 1.165) is 51.8 Å². The number of nitrogens with two attached hydrogens (primary N) is 1. The molecule has 1 saturated heterocycles. The van der Waals surface area contributed by atoms with Crippen molar-refractivity contribution in [3.8, 4) is 11.1 Å². The van der Waals surface area contributed by atoms with Crippen LogP contribution in [0.15, 0.2) is 33.7 Å². The van der Waals surface area contributed by atoms with Crippen molar-refractivity contribution in [3.05, 3.63) is 49.9 Å². The van der Waals surface area contributed by atoms with Gasteiger partial charge < -0.3 is 15.2 Å². The van der Waals surface area contributed by atoms with Crippen LogP contribution in [-0.4, -0.2) is 40.6 Å². The molecule has 0 amide bonds. The Hall–Kier alpha value is -2.24. The Labute approximate surface area is 236 Å². The molecule has 4 aromatic rings. The Morgan fingerprint density at radius 2 is 2.05 bits per heavy atom. The van der Waals surface area contributed by atoms with Gasteiger partial charge in [-0.05, 0) is 65.9 Å². The average Bonchev–Trinajstić information content (AvgIpc) is 3.33. The maximum atomic E-state index is 13.7. The normalized spacial score (nSPS) is 16.5. The van der Waals surface area contributed by atoms with E-state index in [1.165, 1.54) is 4.57 Å². The first-order valence-corrected chi connectivity index (χ1v) is 17.8. The highest BCUT2D eigenvalue weighted by Gasteiger charge is 2.24. The van der Waals surface area contributed by atoms with Gasteiger partial charge in [-0.1, -0.05) is 37.3 Å². The van der Waals surface area contributed by atoms with Gasteiger partial charge >= 0.3 is 0 Å². The van der Waals surface area contributed by atoms with Crippen molar-refractivity contribution in [2.45, 2.75) is 64.8 Å². The summed E-state index contributed by atoms with van der Waals surface area (Å²) in [5, 5.41) is 6.85. The van der Waals surface area contributed by atoms with Crippen LogP contribution < -0.4 is 11.3 Å². The van der Waals surface area contributed by atoms with E-state index >= 15 is 0 Å². The number of aryl methyl sites for hydroxylation is 1. The third kappa shape index (κ3) is 5.29. The van der Waals surface area contributed by atoms with E-state index in [9.17, 15) is 4.79 Å². The van der Waals surface area contributed by atoms with Crippen LogP contribution in [0, 0.1) is 6.92 Å². The highest BCUT2D eigenvalue weighted by Crippen LogP contribution is 2.40. The quantitative estimate of drug-likeness (QED) is 0.182. The fourth-order valence-corrected chi connectivity index (χ4v) is 6.06. The second kappa shape index (κ2) is 10.7. The molecule has 4 heterocycles. The standard InChI is InChI=1S/C27H33BrClN5O3Si/c1-16-20(28)13-18-23(24(30)27(35)33(26(18)31-16)15-36-11-12-38(2,3)4)17-8-9-21(29)25-19(17)14-34(32-25)22-7-5-6-10-37-22/h8-9,13-14,22H,5-7,10-12,15,30H2,1-4H3. The Bertz CT molecular complexity index is 1570. The summed E-state index contributed by atoms with van der Waals surface area (Å²) in [4.78, 5) is 18.5. The lowest BCUT2D eigenvalue weighted by molar-refractivity contribution is -0.0390. The number of anilines is 1. The van der Waals surface area contributed by atoms with Gasteiger partial charge in [0.15, 0.2) is 0 Å². The Balaban J connectivity index is 1.68. The van der Waals surface area contributed by atoms with Crippen molar-refractivity contribution in [1.82, 2.24) is 19.3 Å². The van der Waals surface area contributed by atoms with Crippen LogP contribution in [0.4, 0.5) is 5.69 Å².